The molecule has 0 saturated carbocycles. The molecular formula is C5H13NNaO3P. The van der Waals surface area contributed by atoms with Crippen molar-refractivity contribution in [1.82, 2.24) is 0 Å². The van der Waals surface area contributed by atoms with Crippen molar-refractivity contribution in [2.24, 2.45) is 5.16 Å². The van der Waals surface area contributed by atoms with Gasteiger partial charge in [0.15, 0.2) is 8.69 Å². The van der Waals surface area contributed by atoms with Gasteiger partial charge >= 0.3 is 29.6 Å². The van der Waals surface area contributed by atoms with E-state index in [1.165, 1.54) is 0 Å². The van der Waals surface area contributed by atoms with E-state index in [-0.39, 0.29) is 29.6 Å². The molecule has 6 heteroatoms. The normalized spacial score (nSPS) is 10.6. The van der Waals surface area contributed by atoms with Crippen LogP contribution in [0.2, 0.25) is 0 Å². The van der Waals surface area contributed by atoms with Gasteiger partial charge in [-0.25, -0.2) is 0 Å². The molecule has 0 spiro atoms. The fourth-order valence-corrected chi connectivity index (χ4v) is 0.581. The summed E-state index contributed by atoms with van der Waals surface area (Å²) < 4.78 is 14.4. The number of hydrogen-bond acceptors (Lipinski definition) is 4. The number of rotatable bonds is 6. The third-order valence-corrected chi connectivity index (χ3v) is 1.08. The molecule has 0 N–H and O–H groups in total. The van der Waals surface area contributed by atoms with Gasteiger partial charge in [-0.2, -0.15) is 0 Å². The molecule has 0 amide bonds. The van der Waals surface area contributed by atoms with Crippen molar-refractivity contribution >= 4 is 44.5 Å². The van der Waals surface area contributed by atoms with Gasteiger partial charge in [0.2, 0.25) is 0 Å². The zero-order valence-electron chi connectivity index (χ0n) is 5.95. The van der Waals surface area contributed by atoms with Crippen molar-refractivity contribution in [2.45, 2.75) is 13.3 Å². The summed E-state index contributed by atoms with van der Waals surface area (Å²) in [5, 5.41) is 3.56. The Hall–Kier alpha value is 0.660. The Morgan fingerprint density at radius 3 is 2.91 bits per heavy atom. The average molecular weight is 189 g/mol. The Balaban J connectivity index is 0. The molecule has 0 saturated heterocycles. The van der Waals surface area contributed by atoms with Crippen LogP contribution in [0.15, 0.2) is 5.16 Å². The second-order valence-electron chi connectivity index (χ2n) is 1.46. The van der Waals surface area contributed by atoms with E-state index in [9.17, 15) is 4.57 Å². The van der Waals surface area contributed by atoms with Crippen LogP contribution in [-0.4, -0.2) is 49.0 Å². The van der Waals surface area contributed by atoms with Gasteiger partial charge < -0.3 is 9.36 Å². The Morgan fingerprint density at radius 2 is 2.36 bits per heavy atom. The standard InChI is InChI=1S/C5H12NO3P.Na.H/c1-2-8-6-4-3-5-9-10-7;;/h4H,2-3,5,10H2,1H3;;. The molecule has 1 atom stereocenters. The molecule has 0 aromatic heterocycles. The fourth-order valence-electron chi connectivity index (χ4n) is 0.349. The van der Waals surface area contributed by atoms with Gasteiger partial charge in [-0.1, -0.05) is 5.16 Å². The first-order valence-corrected chi connectivity index (χ1v) is 4.05. The molecule has 0 bridgehead atoms. The Bertz CT molecular complexity index is 112. The van der Waals surface area contributed by atoms with E-state index in [0.29, 0.717) is 19.6 Å². The molecule has 0 aliphatic carbocycles. The van der Waals surface area contributed by atoms with Crippen LogP contribution in [0.4, 0.5) is 0 Å². The fraction of sp³-hybridized carbons (Fsp3) is 0.800. The maximum atomic E-state index is 9.80. The van der Waals surface area contributed by atoms with Crippen LogP contribution in [0, 0.1) is 0 Å². The van der Waals surface area contributed by atoms with Gasteiger partial charge in [-0.05, 0) is 6.92 Å². The summed E-state index contributed by atoms with van der Waals surface area (Å²) in [6, 6.07) is 0. The van der Waals surface area contributed by atoms with Crippen molar-refractivity contribution in [1.29, 1.82) is 0 Å². The van der Waals surface area contributed by atoms with E-state index in [0.717, 1.165) is 0 Å². The Labute approximate surface area is 89.9 Å². The third kappa shape index (κ3) is 13.6. The SMILES string of the molecule is CCON=CCCO[PH2]=O.[NaH]. The summed E-state index contributed by atoms with van der Waals surface area (Å²) in [6.45, 7) is 2.88. The predicted octanol–water partition coefficient (Wildman–Crippen LogP) is 0.438. The molecule has 11 heavy (non-hydrogen) atoms. The zero-order valence-corrected chi connectivity index (χ0v) is 7.10. The van der Waals surface area contributed by atoms with E-state index in [1.807, 2.05) is 6.92 Å². The quantitative estimate of drug-likeness (QED) is 0.200. The van der Waals surface area contributed by atoms with E-state index in [4.69, 9.17) is 0 Å². The molecule has 1 unspecified atom stereocenters. The first-order valence-electron chi connectivity index (χ1n) is 3.10. The number of hydrogen-bond donors (Lipinski definition) is 0. The second kappa shape index (κ2) is 13.3. The van der Waals surface area contributed by atoms with Crippen molar-refractivity contribution in [3.8, 4) is 0 Å². The molecule has 0 radical (unpaired) electrons. The third-order valence-electron chi connectivity index (χ3n) is 0.711. The van der Waals surface area contributed by atoms with Crippen LogP contribution in [0.25, 0.3) is 0 Å². The van der Waals surface area contributed by atoms with Crippen LogP contribution in [0.3, 0.4) is 0 Å². The first kappa shape index (κ1) is 14.2. The molecule has 0 aliphatic heterocycles. The summed E-state index contributed by atoms with van der Waals surface area (Å²) >= 11 is 0. The van der Waals surface area contributed by atoms with Crippen molar-refractivity contribution < 1.29 is 13.9 Å². The van der Waals surface area contributed by atoms with Crippen LogP contribution in [0.1, 0.15) is 13.3 Å². The van der Waals surface area contributed by atoms with E-state index in [2.05, 4.69) is 14.5 Å². The predicted molar refractivity (Wildman–Crippen MR) is 48.2 cm³/mol. The summed E-state index contributed by atoms with van der Waals surface area (Å²) in [5.41, 5.74) is 0. The molecule has 62 valence electrons. The minimum atomic E-state index is -1.08. The maximum absolute atomic E-state index is 9.80. The molecular weight excluding hydrogens is 176 g/mol. The molecule has 0 heterocycles. The number of nitrogens with zero attached hydrogens (tertiary/aromatic N) is 1. The van der Waals surface area contributed by atoms with E-state index >= 15 is 0 Å². The topological polar surface area (TPSA) is 47.9 Å². The molecule has 4 nitrogen and oxygen atoms in total. The van der Waals surface area contributed by atoms with Gasteiger partial charge in [0.05, 0.1) is 6.61 Å². The second-order valence-corrected chi connectivity index (χ2v) is 1.99. The van der Waals surface area contributed by atoms with Gasteiger partial charge in [0.25, 0.3) is 0 Å². The van der Waals surface area contributed by atoms with Crippen LogP contribution in [-0.2, 0) is 13.9 Å². The van der Waals surface area contributed by atoms with E-state index < -0.39 is 8.69 Å². The summed E-state index contributed by atoms with van der Waals surface area (Å²) in [5.74, 6) is 0. The van der Waals surface area contributed by atoms with Gasteiger partial charge in [-0.3, -0.25) is 4.57 Å². The van der Waals surface area contributed by atoms with Crippen molar-refractivity contribution in [2.75, 3.05) is 13.2 Å². The zero-order chi connectivity index (χ0) is 7.66. The van der Waals surface area contributed by atoms with Crippen LogP contribution < -0.4 is 0 Å². The van der Waals surface area contributed by atoms with Crippen LogP contribution in [0.5, 0.6) is 0 Å². The monoisotopic (exact) mass is 189 g/mol. The first-order chi connectivity index (χ1) is 4.91. The molecule has 0 rings (SSSR count). The molecule has 0 aliphatic rings. The van der Waals surface area contributed by atoms with Gasteiger partial charge in [0.1, 0.15) is 6.61 Å². The summed E-state index contributed by atoms with van der Waals surface area (Å²) in [6.07, 6.45) is 2.24. The van der Waals surface area contributed by atoms with Crippen molar-refractivity contribution in [3.63, 3.8) is 0 Å². The molecule has 0 fully saturated rings. The Kier molecular flexibility index (Phi) is 17.1. The van der Waals surface area contributed by atoms with Gasteiger partial charge in [0, 0.05) is 12.6 Å². The summed E-state index contributed by atoms with van der Waals surface area (Å²) in [4.78, 5) is 4.66. The average Bonchev–Trinajstić information content (AvgIpc) is 1.97. The van der Waals surface area contributed by atoms with Crippen LogP contribution >= 0.6 is 8.69 Å². The Morgan fingerprint density at radius 1 is 1.64 bits per heavy atom. The summed E-state index contributed by atoms with van der Waals surface area (Å²) in [7, 11) is -1.08. The van der Waals surface area contributed by atoms with Gasteiger partial charge in [-0.15, -0.1) is 0 Å². The minimum absolute atomic E-state index is 0. The van der Waals surface area contributed by atoms with Crippen molar-refractivity contribution in [3.05, 3.63) is 0 Å². The van der Waals surface area contributed by atoms with E-state index in [1.54, 1.807) is 6.21 Å². The number of oxime groups is 1. The molecule has 0 aromatic carbocycles. The molecule has 0 aromatic rings.